The zero-order valence-corrected chi connectivity index (χ0v) is 12.0. The molecule has 1 atom stereocenters. The Morgan fingerprint density at radius 3 is 2.57 bits per heavy atom. The van der Waals surface area contributed by atoms with E-state index in [1.54, 1.807) is 13.0 Å². The van der Waals surface area contributed by atoms with Gasteiger partial charge in [0.15, 0.2) is 6.10 Å². The molecule has 0 N–H and O–H groups in total. The maximum Gasteiger partial charge on any atom is 0.416 e. The number of ketones is 1. The van der Waals surface area contributed by atoms with Crippen LogP contribution >= 0.6 is 0 Å². The van der Waals surface area contributed by atoms with E-state index >= 15 is 0 Å². The number of rotatable bonds is 5. The van der Waals surface area contributed by atoms with Crippen molar-refractivity contribution in [2.24, 2.45) is 0 Å². The zero-order valence-electron chi connectivity index (χ0n) is 12.0. The first-order chi connectivity index (χ1) is 10.8. The van der Waals surface area contributed by atoms with E-state index in [2.05, 4.69) is 4.98 Å². The molecular formula is C16H12F3NO3. The number of Topliss-reactive ketones (excluding diaryl/α,β-unsaturated/α-hetero) is 1. The SMILES string of the molecule is Cc1ccc(C(=O)C(OC=O)c2cccc(C(F)(F)F)c2)cn1. The molecule has 0 fully saturated rings. The maximum atomic E-state index is 12.8. The number of carbonyl (C=O) groups excluding carboxylic acids is 2. The third-order valence-electron chi connectivity index (χ3n) is 3.14. The average molecular weight is 323 g/mol. The predicted octanol–water partition coefficient (Wildman–Crippen LogP) is 3.51. The number of aryl methyl sites for hydroxylation is 1. The van der Waals surface area contributed by atoms with Crippen LogP contribution in [0.4, 0.5) is 13.2 Å². The van der Waals surface area contributed by atoms with Gasteiger partial charge in [-0.3, -0.25) is 14.6 Å². The summed E-state index contributed by atoms with van der Waals surface area (Å²) in [6.45, 7) is 1.75. The van der Waals surface area contributed by atoms with Crippen molar-refractivity contribution in [3.05, 3.63) is 65.0 Å². The summed E-state index contributed by atoms with van der Waals surface area (Å²) in [7, 11) is 0. The standard InChI is InChI=1S/C16H12F3NO3/c1-10-5-6-12(8-20-10)14(22)15(23-9-21)11-3-2-4-13(7-11)16(17,18)19/h2-9,15H,1H3. The largest absolute Gasteiger partial charge is 0.451 e. The average Bonchev–Trinajstić information content (AvgIpc) is 2.52. The van der Waals surface area contributed by atoms with Gasteiger partial charge in [0, 0.05) is 23.0 Å². The van der Waals surface area contributed by atoms with Crippen LogP contribution in [0.2, 0.25) is 0 Å². The van der Waals surface area contributed by atoms with Gasteiger partial charge in [-0.1, -0.05) is 12.1 Å². The second-order valence-corrected chi connectivity index (χ2v) is 4.79. The molecule has 0 aliphatic heterocycles. The Morgan fingerprint density at radius 2 is 2.00 bits per heavy atom. The number of ether oxygens (including phenoxy) is 1. The molecule has 0 amide bonds. The number of hydrogen-bond donors (Lipinski definition) is 0. The van der Waals surface area contributed by atoms with Crippen molar-refractivity contribution in [1.29, 1.82) is 0 Å². The fourth-order valence-corrected chi connectivity index (χ4v) is 1.99. The molecule has 2 aromatic rings. The van der Waals surface area contributed by atoms with Gasteiger partial charge < -0.3 is 4.74 Å². The van der Waals surface area contributed by atoms with Crippen molar-refractivity contribution >= 4 is 12.3 Å². The first-order valence-corrected chi connectivity index (χ1v) is 6.56. The van der Waals surface area contributed by atoms with E-state index in [4.69, 9.17) is 4.74 Å². The lowest BCUT2D eigenvalue weighted by Gasteiger charge is -2.16. The quantitative estimate of drug-likeness (QED) is 0.624. The minimum absolute atomic E-state index is 0.0322. The lowest BCUT2D eigenvalue weighted by Crippen LogP contribution is -2.17. The molecule has 4 nitrogen and oxygen atoms in total. The summed E-state index contributed by atoms with van der Waals surface area (Å²) in [6, 6.07) is 7.16. The van der Waals surface area contributed by atoms with Crippen LogP contribution in [0, 0.1) is 6.92 Å². The van der Waals surface area contributed by atoms with E-state index in [1.165, 1.54) is 18.3 Å². The molecule has 7 heteroatoms. The molecule has 1 aromatic heterocycles. The van der Waals surface area contributed by atoms with E-state index in [1.807, 2.05) is 0 Å². The lowest BCUT2D eigenvalue weighted by atomic mass is 9.99. The van der Waals surface area contributed by atoms with Crippen LogP contribution in [-0.2, 0) is 15.7 Å². The van der Waals surface area contributed by atoms with Gasteiger partial charge in [-0.2, -0.15) is 13.2 Å². The number of pyridine rings is 1. The Balaban J connectivity index is 2.40. The van der Waals surface area contributed by atoms with Crippen molar-refractivity contribution in [3.8, 4) is 0 Å². The van der Waals surface area contributed by atoms with Crippen LogP contribution in [0.5, 0.6) is 0 Å². The second-order valence-electron chi connectivity index (χ2n) is 4.79. The molecular weight excluding hydrogens is 311 g/mol. The molecule has 0 aliphatic rings. The Morgan fingerprint density at radius 1 is 1.26 bits per heavy atom. The zero-order chi connectivity index (χ0) is 17.0. The van der Waals surface area contributed by atoms with Crippen LogP contribution in [0.25, 0.3) is 0 Å². The van der Waals surface area contributed by atoms with Crippen LogP contribution in [0.15, 0.2) is 42.6 Å². The lowest BCUT2D eigenvalue weighted by molar-refractivity contribution is -0.137. The minimum atomic E-state index is -4.56. The van der Waals surface area contributed by atoms with Gasteiger partial charge in [0.05, 0.1) is 5.56 Å². The Hall–Kier alpha value is -2.70. The highest BCUT2D eigenvalue weighted by Crippen LogP contribution is 2.32. The molecule has 1 heterocycles. The van der Waals surface area contributed by atoms with Crippen molar-refractivity contribution in [2.75, 3.05) is 0 Å². The number of aromatic nitrogens is 1. The highest BCUT2D eigenvalue weighted by molar-refractivity contribution is 6.00. The molecule has 0 bridgehead atoms. The molecule has 0 radical (unpaired) electrons. The van der Waals surface area contributed by atoms with Gasteiger partial charge in [-0.05, 0) is 31.2 Å². The molecule has 0 saturated heterocycles. The van der Waals surface area contributed by atoms with Crippen molar-refractivity contribution in [3.63, 3.8) is 0 Å². The number of nitrogens with zero attached hydrogens (tertiary/aromatic N) is 1. The highest BCUT2D eigenvalue weighted by Gasteiger charge is 2.32. The number of carbonyl (C=O) groups is 2. The van der Waals surface area contributed by atoms with E-state index < -0.39 is 23.6 Å². The molecule has 1 unspecified atom stereocenters. The summed E-state index contributed by atoms with van der Waals surface area (Å²) < 4.78 is 43.1. The Labute approximate surface area is 129 Å². The molecule has 0 spiro atoms. The molecule has 0 aliphatic carbocycles. The molecule has 2 rings (SSSR count). The van der Waals surface area contributed by atoms with Crippen LogP contribution < -0.4 is 0 Å². The monoisotopic (exact) mass is 323 g/mol. The van der Waals surface area contributed by atoms with E-state index in [9.17, 15) is 22.8 Å². The summed E-state index contributed by atoms with van der Waals surface area (Å²) in [5.41, 5.74) is -0.171. The van der Waals surface area contributed by atoms with Crippen LogP contribution in [0.3, 0.4) is 0 Å². The topological polar surface area (TPSA) is 56.3 Å². The maximum absolute atomic E-state index is 12.8. The van der Waals surface area contributed by atoms with Crippen molar-refractivity contribution in [2.45, 2.75) is 19.2 Å². The van der Waals surface area contributed by atoms with Gasteiger partial charge in [-0.15, -0.1) is 0 Å². The predicted molar refractivity (Wildman–Crippen MR) is 74.6 cm³/mol. The fraction of sp³-hybridized carbons (Fsp3) is 0.188. The number of benzene rings is 1. The Bertz CT molecular complexity index is 711. The highest BCUT2D eigenvalue weighted by atomic mass is 19.4. The van der Waals surface area contributed by atoms with Crippen LogP contribution in [-0.4, -0.2) is 17.2 Å². The van der Waals surface area contributed by atoms with E-state index in [0.717, 1.165) is 18.2 Å². The molecule has 1 aromatic carbocycles. The van der Waals surface area contributed by atoms with E-state index in [-0.39, 0.29) is 17.6 Å². The number of halogens is 3. The van der Waals surface area contributed by atoms with Gasteiger partial charge >= 0.3 is 6.18 Å². The van der Waals surface area contributed by atoms with Crippen molar-refractivity contribution in [1.82, 2.24) is 4.98 Å². The smallest absolute Gasteiger partial charge is 0.416 e. The van der Waals surface area contributed by atoms with Gasteiger partial charge in [0.2, 0.25) is 5.78 Å². The molecule has 120 valence electrons. The second kappa shape index (κ2) is 6.60. The molecule has 0 saturated carbocycles. The van der Waals surface area contributed by atoms with Crippen molar-refractivity contribution < 1.29 is 27.5 Å². The number of alkyl halides is 3. The summed E-state index contributed by atoms with van der Waals surface area (Å²) in [6.07, 6.45) is -4.73. The fourth-order valence-electron chi connectivity index (χ4n) is 1.99. The summed E-state index contributed by atoms with van der Waals surface area (Å²) in [4.78, 5) is 27.0. The number of hydrogen-bond acceptors (Lipinski definition) is 4. The van der Waals surface area contributed by atoms with Gasteiger partial charge in [0.1, 0.15) is 0 Å². The van der Waals surface area contributed by atoms with Gasteiger partial charge in [-0.25, -0.2) is 0 Å². The first-order valence-electron chi connectivity index (χ1n) is 6.56. The minimum Gasteiger partial charge on any atom is -0.451 e. The summed E-state index contributed by atoms with van der Waals surface area (Å²) in [5, 5.41) is 0. The third kappa shape index (κ3) is 3.94. The van der Waals surface area contributed by atoms with Gasteiger partial charge in [0.25, 0.3) is 6.47 Å². The summed E-state index contributed by atoms with van der Waals surface area (Å²) in [5.74, 6) is -0.649. The third-order valence-corrected chi connectivity index (χ3v) is 3.14. The normalized spacial score (nSPS) is 12.5. The Kier molecular flexibility index (Phi) is 4.78. The van der Waals surface area contributed by atoms with E-state index in [0.29, 0.717) is 5.69 Å². The molecule has 23 heavy (non-hydrogen) atoms. The first kappa shape index (κ1) is 16.7. The van der Waals surface area contributed by atoms with Crippen LogP contribution in [0.1, 0.15) is 33.3 Å². The summed E-state index contributed by atoms with van der Waals surface area (Å²) >= 11 is 0.